The topological polar surface area (TPSA) is 85.4 Å². The van der Waals surface area contributed by atoms with Gasteiger partial charge in [-0.15, -0.1) is 0 Å². The molecule has 104 valence electrons. The summed E-state index contributed by atoms with van der Waals surface area (Å²) in [5.41, 5.74) is 5.79. The summed E-state index contributed by atoms with van der Waals surface area (Å²) in [6.45, 7) is 2.16. The number of nitrogen functional groups attached to an aromatic ring is 1. The van der Waals surface area contributed by atoms with E-state index in [0.29, 0.717) is 11.8 Å². The van der Waals surface area contributed by atoms with Gasteiger partial charge in [0.2, 0.25) is 5.88 Å². The van der Waals surface area contributed by atoms with E-state index < -0.39 is 5.97 Å². The van der Waals surface area contributed by atoms with Crippen molar-refractivity contribution in [3.05, 3.63) is 17.8 Å². The molecule has 1 aromatic heterocycles. The van der Waals surface area contributed by atoms with Crippen LogP contribution >= 0.6 is 0 Å². The number of hydrogen-bond acceptors (Lipinski definition) is 4. The van der Waals surface area contributed by atoms with Crippen molar-refractivity contribution >= 4 is 11.7 Å². The van der Waals surface area contributed by atoms with Crippen molar-refractivity contribution in [2.75, 3.05) is 5.73 Å². The van der Waals surface area contributed by atoms with Gasteiger partial charge in [-0.2, -0.15) is 0 Å². The molecule has 5 heteroatoms. The van der Waals surface area contributed by atoms with Crippen molar-refractivity contribution < 1.29 is 14.6 Å². The lowest BCUT2D eigenvalue weighted by Crippen LogP contribution is -2.30. The fraction of sp³-hybridized carbons (Fsp3) is 0.571. The van der Waals surface area contributed by atoms with Crippen molar-refractivity contribution in [2.45, 2.75) is 45.1 Å². The first-order valence-corrected chi connectivity index (χ1v) is 6.77. The maximum absolute atomic E-state index is 11.0. The number of hydrogen-bond donors (Lipinski definition) is 2. The first-order valence-electron chi connectivity index (χ1n) is 6.77. The zero-order chi connectivity index (χ0) is 13.8. The van der Waals surface area contributed by atoms with Crippen molar-refractivity contribution in [1.29, 1.82) is 0 Å². The van der Waals surface area contributed by atoms with Gasteiger partial charge in [0.05, 0.1) is 17.4 Å². The predicted octanol–water partition coefficient (Wildman–Crippen LogP) is 2.71. The van der Waals surface area contributed by atoms with Crippen LogP contribution in [0.4, 0.5) is 5.69 Å². The number of carbonyl (C=O) groups is 1. The van der Waals surface area contributed by atoms with E-state index in [-0.39, 0.29) is 17.4 Å². The molecule has 1 fully saturated rings. The summed E-state index contributed by atoms with van der Waals surface area (Å²) in [4.78, 5) is 15.1. The van der Waals surface area contributed by atoms with E-state index >= 15 is 0 Å². The van der Waals surface area contributed by atoms with Gasteiger partial charge in [0, 0.05) is 6.07 Å². The fourth-order valence-electron chi connectivity index (χ4n) is 2.65. The second-order valence-electron chi connectivity index (χ2n) is 5.02. The highest BCUT2D eigenvalue weighted by atomic mass is 16.5. The van der Waals surface area contributed by atoms with Crippen molar-refractivity contribution in [3.8, 4) is 5.88 Å². The van der Waals surface area contributed by atoms with E-state index in [1.807, 2.05) is 0 Å². The molecule has 1 heterocycles. The van der Waals surface area contributed by atoms with E-state index in [0.717, 1.165) is 19.3 Å². The number of carboxylic acid groups (broad SMARTS) is 1. The number of aromatic carboxylic acids is 1. The monoisotopic (exact) mass is 264 g/mol. The zero-order valence-corrected chi connectivity index (χ0v) is 11.1. The second kappa shape index (κ2) is 5.91. The molecule has 1 aliphatic carbocycles. The Kier molecular flexibility index (Phi) is 4.24. The van der Waals surface area contributed by atoms with Gasteiger partial charge < -0.3 is 15.6 Å². The lowest BCUT2D eigenvalue weighted by molar-refractivity contribution is 0.0692. The number of nitrogens with zero attached hydrogens (tertiary/aromatic N) is 1. The van der Waals surface area contributed by atoms with Gasteiger partial charge in [-0.1, -0.05) is 13.3 Å². The number of anilines is 1. The predicted molar refractivity (Wildman–Crippen MR) is 72.3 cm³/mol. The largest absolute Gasteiger partial charge is 0.478 e. The van der Waals surface area contributed by atoms with Gasteiger partial charge >= 0.3 is 5.97 Å². The number of nitrogens with two attached hydrogens (primary N) is 1. The average Bonchev–Trinajstić information content (AvgIpc) is 2.41. The first-order chi connectivity index (χ1) is 9.11. The summed E-state index contributed by atoms with van der Waals surface area (Å²) in [7, 11) is 0. The summed E-state index contributed by atoms with van der Waals surface area (Å²) in [5, 5.41) is 9.03. The van der Waals surface area contributed by atoms with Crippen molar-refractivity contribution in [2.24, 2.45) is 5.92 Å². The molecule has 1 aliphatic rings. The molecule has 0 radical (unpaired) electrons. The van der Waals surface area contributed by atoms with Crippen LogP contribution in [-0.2, 0) is 0 Å². The average molecular weight is 264 g/mol. The molecule has 3 N–H and O–H groups in total. The molecule has 0 aliphatic heterocycles. The van der Waals surface area contributed by atoms with Crippen LogP contribution in [0.3, 0.4) is 0 Å². The van der Waals surface area contributed by atoms with Crippen LogP contribution < -0.4 is 10.5 Å². The summed E-state index contributed by atoms with van der Waals surface area (Å²) in [6.07, 6.45) is 7.13. The van der Waals surface area contributed by atoms with Crippen LogP contribution in [0.15, 0.2) is 12.3 Å². The Balaban J connectivity index is 2.14. The van der Waals surface area contributed by atoms with Crippen LogP contribution in [0.1, 0.15) is 49.4 Å². The minimum Gasteiger partial charge on any atom is -0.478 e. The Morgan fingerprint density at radius 2 is 2.26 bits per heavy atom. The van der Waals surface area contributed by atoms with E-state index in [1.165, 1.54) is 25.1 Å². The summed E-state index contributed by atoms with van der Waals surface area (Å²) in [5.74, 6) is -0.168. The van der Waals surface area contributed by atoms with Gasteiger partial charge in [0.1, 0.15) is 6.10 Å². The number of pyridine rings is 1. The van der Waals surface area contributed by atoms with Crippen LogP contribution in [0, 0.1) is 5.92 Å². The smallest absolute Gasteiger partial charge is 0.338 e. The number of rotatable bonds is 4. The molecule has 2 atom stereocenters. The molecule has 1 aromatic rings. The minimum atomic E-state index is -1.06. The maximum Gasteiger partial charge on any atom is 0.338 e. The van der Waals surface area contributed by atoms with Gasteiger partial charge in [0.25, 0.3) is 0 Å². The molecule has 0 saturated heterocycles. The van der Waals surface area contributed by atoms with Crippen molar-refractivity contribution in [1.82, 2.24) is 4.98 Å². The summed E-state index contributed by atoms with van der Waals surface area (Å²) in [6, 6.07) is 1.42. The number of ether oxygens (including phenoxy) is 1. The Bertz CT molecular complexity index is 462. The number of carboxylic acids is 1. The van der Waals surface area contributed by atoms with Crippen LogP contribution in [0.25, 0.3) is 0 Å². The normalized spacial score (nSPS) is 23.0. The molecule has 0 spiro atoms. The van der Waals surface area contributed by atoms with Crippen LogP contribution in [0.2, 0.25) is 0 Å². The molecule has 5 nitrogen and oxygen atoms in total. The third-order valence-corrected chi connectivity index (χ3v) is 3.78. The minimum absolute atomic E-state index is 0.0499. The van der Waals surface area contributed by atoms with Crippen LogP contribution in [-0.4, -0.2) is 22.2 Å². The molecule has 2 rings (SSSR count). The second-order valence-corrected chi connectivity index (χ2v) is 5.02. The van der Waals surface area contributed by atoms with Gasteiger partial charge in [-0.3, -0.25) is 0 Å². The molecular formula is C14H20N2O3. The van der Waals surface area contributed by atoms with Crippen molar-refractivity contribution in [3.63, 3.8) is 0 Å². The lowest BCUT2D eigenvalue weighted by atomic mass is 9.85. The Morgan fingerprint density at radius 1 is 1.53 bits per heavy atom. The van der Waals surface area contributed by atoms with Gasteiger partial charge in [-0.05, 0) is 31.6 Å². The lowest BCUT2D eigenvalue weighted by Gasteiger charge is -2.30. The van der Waals surface area contributed by atoms with Gasteiger partial charge in [0.15, 0.2) is 0 Å². The summed E-state index contributed by atoms with van der Waals surface area (Å²) >= 11 is 0. The molecule has 1 saturated carbocycles. The zero-order valence-electron chi connectivity index (χ0n) is 11.1. The first kappa shape index (κ1) is 13.6. The molecule has 0 amide bonds. The quantitative estimate of drug-likeness (QED) is 0.873. The standard InChI is InChI=1S/C14H20N2O3/c1-2-9-5-3-4-6-12(9)19-13-7-10(14(17)18)11(15)8-16-13/h7-9,12H,2-6,15H2,1H3,(H,17,18). The molecule has 0 aromatic carbocycles. The Labute approximate surface area is 112 Å². The van der Waals surface area contributed by atoms with E-state index in [1.54, 1.807) is 0 Å². The van der Waals surface area contributed by atoms with E-state index in [2.05, 4.69) is 11.9 Å². The molecular weight excluding hydrogens is 244 g/mol. The van der Waals surface area contributed by atoms with E-state index in [4.69, 9.17) is 15.6 Å². The third kappa shape index (κ3) is 3.16. The third-order valence-electron chi connectivity index (χ3n) is 3.78. The SMILES string of the molecule is CCC1CCCCC1Oc1cc(C(=O)O)c(N)cn1. The van der Waals surface area contributed by atoms with E-state index in [9.17, 15) is 4.79 Å². The Hall–Kier alpha value is -1.78. The highest BCUT2D eigenvalue weighted by Gasteiger charge is 2.26. The van der Waals surface area contributed by atoms with Crippen LogP contribution in [0.5, 0.6) is 5.88 Å². The molecule has 2 unspecified atom stereocenters. The summed E-state index contributed by atoms with van der Waals surface area (Å²) < 4.78 is 5.87. The maximum atomic E-state index is 11.0. The highest BCUT2D eigenvalue weighted by Crippen LogP contribution is 2.30. The Morgan fingerprint density at radius 3 is 2.95 bits per heavy atom. The number of aromatic nitrogens is 1. The molecule has 19 heavy (non-hydrogen) atoms. The van der Waals surface area contributed by atoms with Gasteiger partial charge in [-0.25, -0.2) is 9.78 Å². The highest BCUT2D eigenvalue weighted by molar-refractivity contribution is 5.93. The fourth-order valence-corrected chi connectivity index (χ4v) is 2.65. The molecule has 0 bridgehead atoms.